The first-order valence-corrected chi connectivity index (χ1v) is 7.89. The van der Waals surface area contributed by atoms with E-state index in [1.165, 1.54) is 25.7 Å². The molecule has 2 saturated carbocycles. The van der Waals surface area contributed by atoms with Crippen LogP contribution in [-0.4, -0.2) is 24.5 Å². The van der Waals surface area contributed by atoms with Crippen molar-refractivity contribution in [1.82, 2.24) is 10.7 Å². The Hall–Kier alpha value is -1.62. The Balaban J connectivity index is 1.45. The highest BCUT2D eigenvalue weighted by Crippen LogP contribution is 2.44. The molecule has 4 nitrogen and oxygen atoms in total. The van der Waals surface area contributed by atoms with Crippen LogP contribution >= 0.6 is 12.2 Å². The topological polar surface area (TPSA) is 45.6 Å². The summed E-state index contributed by atoms with van der Waals surface area (Å²) >= 11 is 5.31. The standard InChI is InChI=1S/C16H21N3OS/c1-20-14-6-3-11(4-7-14)10-17-19-16(21)18-15-9-12-2-5-13(15)8-12/h3-4,6-7,10,12-13,15H,2,5,8-9H2,1H3,(H2,18,19,21)/b17-10+. The van der Waals surface area contributed by atoms with Gasteiger partial charge in [-0.3, -0.25) is 5.43 Å². The van der Waals surface area contributed by atoms with E-state index in [1.54, 1.807) is 13.3 Å². The molecule has 2 bridgehead atoms. The first-order valence-electron chi connectivity index (χ1n) is 7.48. The summed E-state index contributed by atoms with van der Waals surface area (Å²) in [5, 5.41) is 8.21. The minimum absolute atomic E-state index is 0.542. The molecular formula is C16H21N3OS. The average Bonchev–Trinajstić information content (AvgIpc) is 3.10. The number of rotatable bonds is 4. The zero-order valence-electron chi connectivity index (χ0n) is 12.2. The molecule has 2 aliphatic carbocycles. The van der Waals surface area contributed by atoms with E-state index in [4.69, 9.17) is 17.0 Å². The Labute approximate surface area is 131 Å². The largest absolute Gasteiger partial charge is 0.497 e. The Morgan fingerprint density at radius 3 is 2.71 bits per heavy atom. The third-order valence-corrected chi connectivity index (χ3v) is 4.76. The fourth-order valence-electron chi connectivity index (χ4n) is 3.48. The Morgan fingerprint density at radius 1 is 1.29 bits per heavy atom. The van der Waals surface area contributed by atoms with E-state index < -0.39 is 0 Å². The molecule has 0 radical (unpaired) electrons. The van der Waals surface area contributed by atoms with Gasteiger partial charge < -0.3 is 10.1 Å². The monoisotopic (exact) mass is 303 g/mol. The summed E-state index contributed by atoms with van der Waals surface area (Å²) in [4.78, 5) is 0. The van der Waals surface area contributed by atoms with Crippen LogP contribution < -0.4 is 15.5 Å². The zero-order chi connectivity index (χ0) is 14.7. The molecule has 2 N–H and O–H groups in total. The summed E-state index contributed by atoms with van der Waals surface area (Å²) in [6, 6.07) is 8.27. The van der Waals surface area contributed by atoms with Crippen molar-refractivity contribution in [2.45, 2.75) is 31.7 Å². The second-order valence-electron chi connectivity index (χ2n) is 5.90. The number of fused-ring (bicyclic) bond motifs is 2. The van der Waals surface area contributed by atoms with E-state index in [0.29, 0.717) is 11.2 Å². The Kier molecular flexibility index (Phi) is 4.39. The number of thiocarbonyl (C=S) groups is 1. The number of nitrogens with one attached hydrogen (secondary N) is 2. The van der Waals surface area contributed by atoms with Crippen molar-refractivity contribution in [1.29, 1.82) is 0 Å². The van der Waals surface area contributed by atoms with Crippen LogP contribution in [0.5, 0.6) is 5.75 Å². The molecular weight excluding hydrogens is 282 g/mol. The van der Waals surface area contributed by atoms with Crippen LogP contribution in [0.1, 0.15) is 31.2 Å². The van der Waals surface area contributed by atoms with Crippen LogP contribution in [0.25, 0.3) is 0 Å². The lowest BCUT2D eigenvalue weighted by molar-refractivity contribution is 0.389. The van der Waals surface area contributed by atoms with Crippen LogP contribution in [0.3, 0.4) is 0 Å². The predicted octanol–water partition coefficient (Wildman–Crippen LogP) is 2.68. The lowest BCUT2D eigenvalue weighted by Crippen LogP contribution is -2.42. The highest BCUT2D eigenvalue weighted by atomic mass is 32.1. The summed E-state index contributed by atoms with van der Waals surface area (Å²) < 4.78 is 5.12. The van der Waals surface area contributed by atoms with Crippen molar-refractivity contribution in [2.75, 3.05) is 7.11 Å². The van der Waals surface area contributed by atoms with Gasteiger partial charge in [0.25, 0.3) is 0 Å². The van der Waals surface area contributed by atoms with E-state index in [0.717, 1.165) is 23.1 Å². The van der Waals surface area contributed by atoms with Gasteiger partial charge in [0.05, 0.1) is 13.3 Å². The summed E-state index contributed by atoms with van der Waals surface area (Å²) in [6.45, 7) is 0. The van der Waals surface area contributed by atoms with Crippen LogP contribution in [0.4, 0.5) is 0 Å². The molecule has 112 valence electrons. The smallest absolute Gasteiger partial charge is 0.187 e. The maximum Gasteiger partial charge on any atom is 0.187 e. The second kappa shape index (κ2) is 6.43. The molecule has 3 atom stereocenters. The molecule has 2 aliphatic rings. The normalized spacial score (nSPS) is 27.0. The molecule has 2 fully saturated rings. The van der Waals surface area contributed by atoms with Gasteiger partial charge in [0.1, 0.15) is 5.75 Å². The highest BCUT2D eigenvalue weighted by Gasteiger charge is 2.39. The molecule has 0 aliphatic heterocycles. The van der Waals surface area contributed by atoms with Crippen molar-refractivity contribution >= 4 is 23.5 Å². The third-order valence-electron chi connectivity index (χ3n) is 4.55. The molecule has 1 aromatic rings. The van der Waals surface area contributed by atoms with Crippen molar-refractivity contribution in [3.63, 3.8) is 0 Å². The number of hydrogen-bond acceptors (Lipinski definition) is 3. The van der Waals surface area contributed by atoms with Crippen molar-refractivity contribution in [2.24, 2.45) is 16.9 Å². The maximum atomic E-state index is 5.31. The van der Waals surface area contributed by atoms with Crippen LogP contribution in [0.2, 0.25) is 0 Å². The van der Waals surface area contributed by atoms with Gasteiger partial charge in [0.2, 0.25) is 0 Å². The van der Waals surface area contributed by atoms with E-state index in [9.17, 15) is 0 Å². The summed E-state index contributed by atoms with van der Waals surface area (Å²) in [5.74, 6) is 2.56. The van der Waals surface area contributed by atoms with Gasteiger partial charge in [-0.05, 0) is 73.1 Å². The van der Waals surface area contributed by atoms with Gasteiger partial charge in [0, 0.05) is 6.04 Å². The number of nitrogens with zero attached hydrogens (tertiary/aromatic N) is 1. The van der Waals surface area contributed by atoms with Crippen molar-refractivity contribution in [3.8, 4) is 5.75 Å². The first kappa shape index (κ1) is 14.3. The van der Waals surface area contributed by atoms with E-state index in [1.807, 2.05) is 24.3 Å². The summed E-state index contributed by atoms with van der Waals surface area (Å²) in [7, 11) is 1.66. The van der Waals surface area contributed by atoms with E-state index in [2.05, 4.69) is 15.8 Å². The van der Waals surface area contributed by atoms with Crippen LogP contribution in [0, 0.1) is 11.8 Å². The zero-order valence-corrected chi connectivity index (χ0v) is 13.0. The van der Waals surface area contributed by atoms with Crippen molar-refractivity contribution in [3.05, 3.63) is 29.8 Å². The lowest BCUT2D eigenvalue weighted by atomic mass is 9.96. The summed E-state index contributed by atoms with van der Waals surface area (Å²) in [6.07, 6.45) is 7.14. The minimum atomic E-state index is 0.542. The van der Waals surface area contributed by atoms with Gasteiger partial charge >= 0.3 is 0 Å². The lowest BCUT2D eigenvalue weighted by Gasteiger charge is -2.23. The van der Waals surface area contributed by atoms with Crippen LogP contribution in [0.15, 0.2) is 29.4 Å². The molecule has 0 heterocycles. The molecule has 5 heteroatoms. The van der Waals surface area contributed by atoms with Gasteiger partial charge in [-0.15, -0.1) is 0 Å². The fourth-order valence-corrected chi connectivity index (χ4v) is 3.68. The Bertz CT molecular complexity index is 529. The number of methoxy groups -OCH3 is 1. The molecule has 0 aromatic heterocycles. The molecule has 0 amide bonds. The minimum Gasteiger partial charge on any atom is -0.497 e. The number of benzene rings is 1. The number of ether oxygens (including phenoxy) is 1. The first-order chi connectivity index (χ1) is 10.2. The molecule has 0 spiro atoms. The molecule has 0 saturated heterocycles. The third kappa shape index (κ3) is 3.53. The fraction of sp³-hybridized carbons (Fsp3) is 0.500. The number of hydrazone groups is 1. The van der Waals surface area contributed by atoms with Crippen molar-refractivity contribution < 1.29 is 4.74 Å². The average molecular weight is 303 g/mol. The molecule has 3 unspecified atom stereocenters. The van der Waals surface area contributed by atoms with E-state index >= 15 is 0 Å². The quantitative estimate of drug-likeness (QED) is 0.510. The van der Waals surface area contributed by atoms with E-state index in [-0.39, 0.29) is 0 Å². The highest BCUT2D eigenvalue weighted by molar-refractivity contribution is 7.80. The molecule has 1 aromatic carbocycles. The SMILES string of the molecule is COc1ccc(/C=N/NC(=S)NC2CC3CCC2C3)cc1. The molecule has 21 heavy (non-hydrogen) atoms. The second-order valence-corrected chi connectivity index (χ2v) is 6.31. The number of hydrogen-bond donors (Lipinski definition) is 2. The van der Waals surface area contributed by atoms with Gasteiger partial charge in [-0.1, -0.05) is 6.42 Å². The van der Waals surface area contributed by atoms with Crippen LogP contribution in [-0.2, 0) is 0 Å². The summed E-state index contributed by atoms with van der Waals surface area (Å²) in [5.41, 5.74) is 3.91. The maximum absolute atomic E-state index is 5.31. The van der Waals surface area contributed by atoms with Gasteiger partial charge in [0.15, 0.2) is 5.11 Å². The van der Waals surface area contributed by atoms with Gasteiger partial charge in [-0.2, -0.15) is 5.10 Å². The molecule has 3 rings (SSSR count). The van der Waals surface area contributed by atoms with Gasteiger partial charge in [-0.25, -0.2) is 0 Å². The predicted molar refractivity (Wildman–Crippen MR) is 88.7 cm³/mol. The Morgan fingerprint density at radius 2 is 2.10 bits per heavy atom.